The smallest absolute Gasteiger partial charge is 0.155 e. The summed E-state index contributed by atoms with van der Waals surface area (Å²) in [4.78, 5) is 15.8. The van der Waals surface area contributed by atoms with Crippen LogP contribution in [0.2, 0.25) is 0 Å². The fourth-order valence-electron chi connectivity index (χ4n) is 2.69. The van der Waals surface area contributed by atoms with Gasteiger partial charge in [-0.15, -0.1) is 0 Å². The summed E-state index contributed by atoms with van der Waals surface area (Å²) in [5.41, 5.74) is 4.66. The van der Waals surface area contributed by atoms with Crippen molar-refractivity contribution in [3.63, 3.8) is 0 Å². The van der Waals surface area contributed by atoms with E-state index in [9.17, 15) is 0 Å². The molecule has 0 amide bonds. The number of hydrogen-bond acceptors (Lipinski definition) is 6. The lowest BCUT2D eigenvalue weighted by atomic mass is 10.2. The van der Waals surface area contributed by atoms with Crippen LogP contribution >= 0.6 is 22.7 Å². The van der Waals surface area contributed by atoms with Crippen molar-refractivity contribution in [3.05, 3.63) is 48.5 Å². The van der Waals surface area contributed by atoms with Crippen LogP contribution in [0.25, 0.3) is 30.8 Å². The van der Waals surface area contributed by atoms with Crippen molar-refractivity contribution in [1.29, 1.82) is 0 Å². The summed E-state index contributed by atoms with van der Waals surface area (Å²) >= 11 is 3.31. The molecule has 2 aromatic heterocycles. The lowest BCUT2D eigenvalue weighted by Crippen LogP contribution is -2.07. The van der Waals surface area contributed by atoms with Crippen LogP contribution in [-0.4, -0.2) is 38.2 Å². The van der Waals surface area contributed by atoms with Crippen LogP contribution in [0.15, 0.2) is 48.5 Å². The van der Waals surface area contributed by atoms with Crippen molar-refractivity contribution in [2.45, 2.75) is 0 Å². The first-order valence-electron chi connectivity index (χ1n) is 8.34. The molecule has 0 saturated carbocycles. The molecule has 6 heteroatoms. The fourth-order valence-corrected chi connectivity index (χ4v) is 4.75. The highest BCUT2D eigenvalue weighted by atomic mass is 32.1. The van der Waals surface area contributed by atoms with Crippen molar-refractivity contribution in [2.75, 3.05) is 38.0 Å². The second kappa shape index (κ2) is 6.70. The molecule has 4 rings (SSSR count). The first-order valence-corrected chi connectivity index (χ1v) is 9.97. The van der Waals surface area contributed by atoms with E-state index in [1.165, 1.54) is 11.4 Å². The molecule has 2 heterocycles. The molecule has 0 unspecified atom stereocenters. The number of benzene rings is 2. The Morgan fingerprint density at radius 2 is 0.923 bits per heavy atom. The van der Waals surface area contributed by atoms with Crippen molar-refractivity contribution in [1.82, 2.24) is 9.97 Å². The third-order valence-electron chi connectivity index (χ3n) is 4.24. The second-order valence-electron chi connectivity index (χ2n) is 6.53. The van der Waals surface area contributed by atoms with Gasteiger partial charge in [-0.2, -0.15) is 0 Å². The number of hydrogen-bond donors (Lipinski definition) is 0. The summed E-state index contributed by atoms with van der Waals surface area (Å²) in [6.45, 7) is 0. The largest absolute Gasteiger partial charge is 0.378 e. The highest BCUT2D eigenvalue weighted by Crippen LogP contribution is 2.37. The number of nitrogens with zero attached hydrogens (tertiary/aromatic N) is 4. The minimum absolute atomic E-state index is 1.01. The van der Waals surface area contributed by atoms with Crippen LogP contribution in [0.3, 0.4) is 0 Å². The van der Waals surface area contributed by atoms with E-state index < -0.39 is 0 Å². The second-order valence-corrected chi connectivity index (χ2v) is 8.49. The summed E-state index contributed by atoms with van der Waals surface area (Å²) in [5.74, 6) is 0. The highest BCUT2D eigenvalue weighted by Gasteiger charge is 2.13. The third-order valence-corrected chi connectivity index (χ3v) is 6.36. The van der Waals surface area contributed by atoms with E-state index in [1.807, 2.05) is 28.2 Å². The van der Waals surface area contributed by atoms with Crippen LogP contribution < -0.4 is 9.80 Å². The molecule has 0 radical (unpaired) electrons. The number of anilines is 2. The standard InChI is InChI=1S/C20H20N4S2/c1-23(2)15-9-5-13(6-10-15)17-21-19-20(25-17)22-18(26-19)14-7-11-16(12-8-14)24(3)4/h5-12H,1-4H3. The Balaban J connectivity index is 1.62. The lowest BCUT2D eigenvalue weighted by Gasteiger charge is -2.12. The minimum atomic E-state index is 1.01. The van der Waals surface area contributed by atoms with Crippen molar-refractivity contribution in [2.24, 2.45) is 0 Å². The molecule has 0 spiro atoms. The van der Waals surface area contributed by atoms with Gasteiger partial charge in [-0.05, 0) is 48.5 Å². The molecule has 0 aliphatic carbocycles. The van der Waals surface area contributed by atoms with Gasteiger partial charge in [0.2, 0.25) is 0 Å². The fraction of sp³-hybridized carbons (Fsp3) is 0.200. The molecule has 0 aliphatic rings. The van der Waals surface area contributed by atoms with E-state index in [-0.39, 0.29) is 0 Å². The Morgan fingerprint density at radius 1 is 0.577 bits per heavy atom. The zero-order valence-corrected chi connectivity index (χ0v) is 16.9. The molecular formula is C20H20N4S2. The zero-order valence-electron chi connectivity index (χ0n) is 15.2. The maximum absolute atomic E-state index is 4.80. The van der Waals surface area contributed by atoms with Gasteiger partial charge in [-0.3, -0.25) is 0 Å². The topological polar surface area (TPSA) is 32.3 Å². The van der Waals surface area contributed by atoms with Gasteiger partial charge < -0.3 is 9.80 Å². The molecule has 0 atom stereocenters. The molecule has 0 N–H and O–H groups in total. The zero-order chi connectivity index (χ0) is 18.3. The first-order chi connectivity index (χ1) is 12.5. The monoisotopic (exact) mass is 380 g/mol. The molecule has 0 saturated heterocycles. The summed E-state index contributed by atoms with van der Waals surface area (Å²) in [7, 11) is 8.19. The van der Waals surface area contributed by atoms with Gasteiger partial charge in [0.25, 0.3) is 0 Å². The summed E-state index contributed by atoms with van der Waals surface area (Å²) in [6, 6.07) is 17.0. The lowest BCUT2D eigenvalue weighted by molar-refractivity contribution is 1.13. The van der Waals surface area contributed by atoms with Gasteiger partial charge in [-0.25, -0.2) is 9.97 Å². The SMILES string of the molecule is CN(C)c1ccc(-c2nc3sc(-c4ccc(N(C)C)cc4)nc3s2)cc1. The van der Waals surface area contributed by atoms with E-state index in [0.717, 1.165) is 30.8 Å². The maximum Gasteiger partial charge on any atom is 0.155 e. The predicted octanol–water partition coefficient (Wildman–Crippen LogP) is 5.22. The van der Waals surface area contributed by atoms with Gasteiger partial charge in [0.05, 0.1) is 0 Å². The Hall–Kier alpha value is -2.44. The molecular weight excluding hydrogens is 360 g/mol. The number of rotatable bonds is 4. The van der Waals surface area contributed by atoms with Crippen molar-refractivity contribution >= 4 is 43.7 Å². The minimum Gasteiger partial charge on any atom is -0.378 e. The summed E-state index contributed by atoms with van der Waals surface area (Å²) in [6.07, 6.45) is 0. The average molecular weight is 381 g/mol. The summed E-state index contributed by atoms with van der Waals surface area (Å²) < 4.78 is 0. The molecule has 132 valence electrons. The highest BCUT2D eigenvalue weighted by molar-refractivity contribution is 7.29. The van der Waals surface area contributed by atoms with Crippen molar-refractivity contribution < 1.29 is 0 Å². The van der Waals surface area contributed by atoms with Gasteiger partial charge in [0.1, 0.15) is 10.0 Å². The quantitative estimate of drug-likeness (QED) is 0.486. The van der Waals surface area contributed by atoms with Gasteiger partial charge >= 0.3 is 0 Å². The van der Waals surface area contributed by atoms with Crippen LogP contribution in [0, 0.1) is 0 Å². The van der Waals surface area contributed by atoms with E-state index in [0.29, 0.717) is 0 Å². The van der Waals surface area contributed by atoms with Gasteiger partial charge in [0.15, 0.2) is 9.66 Å². The Labute approximate surface area is 161 Å². The van der Waals surface area contributed by atoms with Crippen molar-refractivity contribution in [3.8, 4) is 21.1 Å². The van der Waals surface area contributed by atoms with E-state index in [2.05, 4.69) is 58.3 Å². The Kier molecular flexibility index (Phi) is 4.38. The Bertz CT molecular complexity index is 916. The van der Waals surface area contributed by atoms with Gasteiger partial charge in [-0.1, -0.05) is 22.7 Å². The van der Waals surface area contributed by atoms with E-state index in [1.54, 1.807) is 22.7 Å². The van der Waals surface area contributed by atoms with Crippen LogP contribution in [-0.2, 0) is 0 Å². The molecule has 0 bridgehead atoms. The summed E-state index contributed by atoms with van der Waals surface area (Å²) in [5, 5.41) is 2.05. The van der Waals surface area contributed by atoms with E-state index in [4.69, 9.17) is 9.97 Å². The first kappa shape index (κ1) is 17.0. The van der Waals surface area contributed by atoms with Crippen LogP contribution in [0.1, 0.15) is 0 Å². The average Bonchev–Trinajstić information content (AvgIpc) is 3.21. The number of fused-ring (bicyclic) bond motifs is 1. The molecule has 0 fully saturated rings. The molecule has 4 aromatic rings. The molecule has 2 aromatic carbocycles. The van der Waals surface area contributed by atoms with Crippen LogP contribution in [0.4, 0.5) is 11.4 Å². The third kappa shape index (κ3) is 3.18. The van der Waals surface area contributed by atoms with Gasteiger partial charge in [0, 0.05) is 50.7 Å². The number of aromatic nitrogens is 2. The normalized spacial score (nSPS) is 11.1. The van der Waals surface area contributed by atoms with E-state index >= 15 is 0 Å². The van der Waals surface area contributed by atoms with Crippen LogP contribution in [0.5, 0.6) is 0 Å². The number of thiazole rings is 2. The molecule has 4 nitrogen and oxygen atoms in total. The maximum atomic E-state index is 4.80. The molecule has 26 heavy (non-hydrogen) atoms. The molecule has 0 aliphatic heterocycles. The predicted molar refractivity (Wildman–Crippen MR) is 115 cm³/mol. The Morgan fingerprint density at radius 3 is 1.23 bits per heavy atom.